The second-order valence-corrected chi connectivity index (χ2v) is 6.80. The van der Waals surface area contributed by atoms with Crippen LogP contribution in [-0.4, -0.2) is 16.7 Å². The third-order valence-electron chi connectivity index (χ3n) is 4.74. The predicted octanol–water partition coefficient (Wildman–Crippen LogP) is 4.98. The highest BCUT2D eigenvalue weighted by molar-refractivity contribution is 5.72. The molecule has 0 spiro atoms. The molecule has 3 aromatic carbocycles. The number of ether oxygens (including phenoxy) is 1. The molecule has 0 aliphatic heterocycles. The van der Waals surface area contributed by atoms with E-state index in [9.17, 15) is 5.26 Å². The molecule has 146 valence electrons. The van der Waals surface area contributed by atoms with Gasteiger partial charge in [0.05, 0.1) is 23.5 Å². The fraction of sp³-hybridized carbons (Fsp3) is 0.0800. The topological polar surface area (TPSA) is 84.8 Å². The standard InChI is InChI=1S/C25H20N4O/c26-13-12-18-6-9-20(10-7-18)23-11-8-19(16-27)14-25(23)30-22-15-24(29-28-17-22)21-4-2-1-3-5-21/h1-11,14-15,17H,12-13,26H2. The number of hydrogen-bond donors (Lipinski definition) is 1. The molecular formula is C25H20N4O. The van der Waals surface area contributed by atoms with E-state index in [-0.39, 0.29) is 0 Å². The largest absolute Gasteiger partial charge is 0.455 e. The molecule has 30 heavy (non-hydrogen) atoms. The summed E-state index contributed by atoms with van der Waals surface area (Å²) in [5.74, 6) is 1.15. The fourth-order valence-corrected chi connectivity index (χ4v) is 3.21. The van der Waals surface area contributed by atoms with Crippen molar-refractivity contribution < 1.29 is 4.74 Å². The molecule has 0 amide bonds. The van der Waals surface area contributed by atoms with Crippen molar-refractivity contribution in [2.75, 3.05) is 6.54 Å². The third-order valence-corrected chi connectivity index (χ3v) is 4.74. The lowest BCUT2D eigenvalue weighted by atomic mass is 10.0. The van der Waals surface area contributed by atoms with Gasteiger partial charge < -0.3 is 10.5 Å². The first-order valence-corrected chi connectivity index (χ1v) is 9.66. The van der Waals surface area contributed by atoms with Gasteiger partial charge in [-0.15, -0.1) is 0 Å². The summed E-state index contributed by atoms with van der Waals surface area (Å²) in [6.07, 6.45) is 2.40. The third kappa shape index (κ3) is 4.35. The number of hydrogen-bond acceptors (Lipinski definition) is 5. The normalized spacial score (nSPS) is 10.4. The summed E-state index contributed by atoms with van der Waals surface area (Å²) in [6.45, 7) is 0.614. The van der Waals surface area contributed by atoms with Crippen molar-refractivity contribution in [3.8, 4) is 40.0 Å². The lowest BCUT2D eigenvalue weighted by Crippen LogP contribution is -2.02. The summed E-state index contributed by atoms with van der Waals surface area (Å²) >= 11 is 0. The van der Waals surface area contributed by atoms with Crippen molar-refractivity contribution in [2.24, 2.45) is 5.73 Å². The van der Waals surface area contributed by atoms with Crippen LogP contribution >= 0.6 is 0 Å². The van der Waals surface area contributed by atoms with E-state index in [0.29, 0.717) is 23.6 Å². The molecule has 0 fully saturated rings. The zero-order valence-corrected chi connectivity index (χ0v) is 16.3. The Labute approximate surface area is 175 Å². The van der Waals surface area contributed by atoms with Gasteiger partial charge in [-0.3, -0.25) is 0 Å². The quantitative estimate of drug-likeness (QED) is 0.500. The van der Waals surface area contributed by atoms with Gasteiger partial charge in [0, 0.05) is 17.2 Å². The average molecular weight is 392 g/mol. The lowest BCUT2D eigenvalue weighted by molar-refractivity contribution is 0.480. The average Bonchev–Trinajstić information content (AvgIpc) is 2.81. The highest BCUT2D eigenvalue weighted by Crippen LogP contribution is 2.35. The van der Waals surface area contributed by atoms with Crippen LogP contribution in [0.15, 0.2) is 85.1 Å². The first-order chi connectivity index (χ1) is 14.8. The summed E-state index contributed by atoms with van der Waals surface area (Å²) in [4.78, 5) is 0. The van der Waals surface area contributed by atoms with Crippen LogP contribution < -0.4 is 10.5 Å². The van der Waals surface area contributed by atoms with E-state index in [1.54, 1.807) is 18.3 Å². The van der Waals surface area contributed by atoms with E-state index >= 15 is 0 Å². The van der Waals surface area contributed by atoms with E-state index in [0.717, 1.165) is 28.8 Å². The van der Waals surface area contributed by atoms with E-state index in [2.05, 4.69) is 28.4 Å². The minimum atomic E-state index is 0.527. The first-order valence-electron chi connectivity index (χ1n) is 9.66. The monoisotopic (exact) mass is 392 g/mol. The molecule has 4 aromatic rings. The second-order valence-electron chi connectivity index (χ2n) is 6.80. The zero-order chi connectivity index (χ0) is 20.8. The molecule has 0 unspecified atom stereocenters. The molecule has 0 bridgehead atoms. The highest BCUT2D eigenvalue weighted by Gasteiger charge is 2.11. The number of nitriles is 1. The molecule has 4 rings (SSSR count). The van der Waals surface area contributed by atoms with E-state index in [1.165, 1.54) is 5.56 Å². The molecule has 2 N–H and O–H groups in total. The summed E-state index contributed by atoms with van der Waals surface area (Å²) in [6, 6.07) is 27.5. The Kier molecular flexibility index (Phi) is 5.79. The number of rotatable bonds is 6. The SMILES string of the molecule is N#Cc1ccc(-c2ccc(CCN)cc2)c(Oc2cnnc(-c3ccccc3)c2)c1. The Morgan fingerprint density at radius 2 is 1.70 bits per heavy atom. The minimum absolute atomic E-state index is 0.527. The van der Waals surface area contributed by atoms with Crippen molar-refractivity contribution in [1.82, 2.24) is 10.2 Å². The molecule has 0 radical (unpaired) electrons. The Morgan fingerprint density at radius 1 is 0.900 bits per heavy atom. The van der Waals surface area contributed by atoms with Crippen molar-refractivity contribution >= 4 is 0 Å². The molecule has 5 nitrogen and oxygen atoms in total. The van der Waals surface area contributed by atoms with Crippen molar-refractivity contribution in [2.45, 2.75) is 6.42 Å². The molecule has 0 aliphatic carbocycles. The second kappa shape index (κ2) is 8.99. The van der Waals surface area contributed by atoms with Crippen molar-refractivity contribution in [1.29, 1.82) is 5.26 Å². The molecule has 5 heteroatoms. The summed E-state index contributed by atoms with van der Waals surface area (Å²) in [5.41, 5.74) is 10.9. The zero-order valence-electron chi connectivity index (χ0n) is 16.3. The van der Waals surface area contributed by atoms with Gasteiger partial charge >= 0.3 is 0 Å². The number of benzene rings is 3. The smallest absolute Gasteiger partial charge is 0.149 e. The summed E-state index contributed by atoms with van der Waals surface area (Å²) in [5, 5.41) is 17.6. The van der Waals surface area contributed by atoms with Crippen molar-refractivity contribution in [3.05, 3.63) is 96.2 Å². The Hall–Kier alpha value is -4.01. The van der Waals surface area contributed by atoms with E-state index in [1.807, 2.05) is 54.6 Å². The molecule has 0 saturated heterocycles. The molecule has 0 atom stereocenters. The Balaban J connectivity index is 1.69. The number of nitrogens with two attached hydrogens (primary N) is 1. The van der Waals surface area contributed by atoms with Gasteiger partial charge in [-0.25, -0.2) is 0 Å². The number of nitrogens with zero attached hydrogens (tertiary/aromatic N) is 3. The minimum Gasteiger partial charge on any atom is -0.455 e. The fourth-order valence-electron chi connectivity index (χ4n) is 3.21. The van der Waals surface area contributed by atoms with Crippen LogP contribution in [0.4, 0.5) is 0 Å². The predicted molar refractivity (Wildman–Crippen MR) is 117 cm³/mol. The number of aromatic nitrogens is 2. The van der Waals surface area contributed by atoms with Gasteiger partial charge in [0.1, 0.15) is 11.5 Å². The van der Waals surface area contributed by atoms with Crippen LogP contribution in [0.3, 0.4) is 0 Å². The molecule has 0 aliphatic rings. The maximum absolute atomic E-state index is 9.34. The molecule has 1 aromatic heterocycles. The van der Waals surface area contributed by atoms with Gasteiger partial charge in [-0.05, 0) is 42.3 Å². The van der Waals surface area contributed by atoms with Crippen LogP contribution in [0.1, 0.15) is 11.1 Å². The highest BCUT2D eigenvalue weighted by atomic mass is 16.5. The van der Waals surface area contributed by atoms with E-state index < -0.39 is 0 Å². The maximum Gasteiger partial charge on any atom is 0.149 e. The van der Waals surface area contributed by atoms with E-state index in [4.69, 9.17) is 10.5 Å². The van der Waals surface area contributed by atoms with Crippen LogP contribution in [-0.2, 0) is 6.42 Å². The van der Waals surface area contributed by atoms with Crippen LogP contribution in [0.5, 0.6) is 11.5 Å². The summed E-state index contributed by atoms with van der Waals surface area (Å²) < 4.78 is 6.17. The van der Waals surface area contributed by atoms with Crippen LogP contribution in [0, 0.1) is 11.3 Å². The van der Waals surface area contributed by atoms with Gasteiger partial charge in [0.15, 0.2) is 0 Å². The van der Waals surface area contributed by atoms with Crippen LogP contribution in [0.25, 0.3) is 22.4 Å². The summed E-state index contributed by atoms with van der Waals surface area (Å²) in [7, 11) is 0. The molecule has 1 heterocycles. The molecule has 0 saturated carbocycles. The van der Waals surface area contributed by atoms with Gasteiger partial charge in [-0.2, -0.15) is 15.5 Å². The lowest BCUT2D eigenvalue weighted by Gasteiger charge is -2.13. The van der Waals surface area contributed by atoms with Crippen molar-refractivity contribution in [3.63, 3.8) is 0 Å². The Morgan fingerprint density at radius 3 is 2.43 bits per heavy atom. The van der Waals surface area contributed by atoms with Gasteiger partial charge in [0.2, 0.25) is 0 Å². The van der Waals surface area contributed by atoms with Crippen LogP contribution in [0.2, 0.25) is 0 Å². The maximum atomic E-state index is 9.34. The molecular weight excluding hydrogens is 372 g/mol. The Bertz CT molecular complexity index is 1180. The van der Waals surface area contributed by atoms with Gasteiger partial charge in [0.25, 0.3) is 0 Å². The van der Waals surface area contributed by atoms with Gasteiger partial charge in [-0.1, -0.05) is 54.6 Å². The first kappa shape index (κ1) is 19.3.